The molecule has 2 heterocycles. The molecule has 0 unspecified atom stereocenters. The summed E-state index contributed by atoms with van der Waals surface area (Å²) >= 11 is 0. The average Bonchev–Trinajstić information content (AvgIpc) is 3.74. The highest BCUT2D eigenvalue weighted by atomic mass is 15.1. The zero-order chi connectivity index (χ0) is 50.3. The third-order valence-electron chi connectivity index (χ3n) is 12.0. The summed E-state index contributed by atoms with van der Waals surface area (Å²) in [4.78, 5) is 13.1. The van der Waals surface area contributed by atoms with Crippen molar-refractivity contribution in [2.24, 2.45) is 0 Å². The zero-order valence-electron chi connectivity index (χ0n) is 43.1. The Bertz CT molecular complexity index is 3050. The van der Waals surface area contributed by atoms with Crippen molar-refractivity contribution in [2.75, 3.05) is 11.4 Å². The standard InChI is InChI=1S/C59H58N4.C3H6.C2H6.C2H4/c1-6-8-9-20-40-62(54-31-19-18-26-47(54)7-2)45(5)24-21-25-46-33-38-52-56(41-46)63(55-39-32-43(3)22-16-17-23-44(4)58(52)55)57-42-53(50-29-14-11-15-30-50)60-59(61-57)51-36-34-49(35-37-51)48-27-12-10-13-28-48;1-3-2;2*1-2/h6,8-12,14-16,18-22,24-27,29-39,41-42H,7,13,17,23,28,40H2,1-5H3;3H,1H2,2H3;1-2H3;1-2H2/b8-6-,20-9-,22-16-,25-21+,43-32-,45-24+,55-39+,58-44+;;;. The van der Waals surface area contributed by atoms with E-state index in [1.54, 1.807) is 6.08 Å². The van der Waals surface area contributed by atoms with Crippen molar-refractivity contribution in [3.05, 3.63) is 240 Å². The van der Waals surface area contributed by atoms with Crippen molar-refractivity contribution < 1.29 is 0 Å². The van der Waals surface area contributed by atoms with E-state index in [-0.39, 0.29) is 0 Å². The SMILES string of the molecule is C/C=C\C=C/CN(/C(C)=C/C=C/c1ccc2c3/c(n(-c4cc(-c5ccccc5)nc(-c5ccc(C6=CC=CCC6)cc5)n4)c2c1)=C\C=C(C)/C=C\CC/C=3C)c1ccccc1CC.C=C.C=CC.CC. The van der Waals surface area contributed by atoms with E-state index in [0.29, 0.717) is 5.82 Å². The Morgan fingerprint density at radius 2 is 1.47 bits per heavy atom. The lowest BCUT2D eigenvalue weighted by molar-refractivity contribution is 0.979. The molecule has 0 spiro atoms. The van der Waals surface area contributed by atoms with Gasteiger partial charge in [0.25, 0.3) is 0 Å². The molecule has 0 amide bonds. The molecular formula is C66H74N4. The van der Waals surface area contributed by atoms with Crippen LogP contribution in [0.15, 0.2) is 213 Å². The maximum absolute atomic E-state index is 5.44. The van der Waals surface area contributed by atoms with Crippen LogP contribution in [-0.2, 0) is 6.42 Å². The van der Waals surface area contributed by atoms with Crippen LogP contribution < -0.4 is 15.5 Å². The quantitative estimate of drug-likeness (QED) is 0.0906. The molecule has 0 aliphatic heterocycles. The number of fused-ring (bicyclic) bond motifs is 3. The molecule has 4 aromatic carbocycles. The van der Waals surface area contributed by atoms with Gasteiger partial charge in [-0.1, -0.05) is 196 Å². The number of aromatic nitrogens is 3. The number of benzene rings is 4. The minimum Gasteiger partial charge on any atom is -0.341 e. The van der Waals surface area contributed by atoms with Crippen molar-refractivity contribution >= 4 is 39.9 Å². The molecule has 0 N–H and O–H groups in total. The molecule has 358 valence electrons. The van der Waals surface area contributed by atoms with Crippen molar-refractivity contribution in [3.8, 4) is 28.5 Å². The molecule has 0 atom stereocenters. The van der Waals surface area contributed by atoms with Crippen LogP contribution in [0.4, 0.5) is 5.69 Å². The number of hydrogen-bond acceptors (Lipinski definition) is 3. The Morgan fingerprint density at radius 1 is 0.757 bits per heavy atom. The van der Waals surface area contributed by atoms with Gasteiger partial charge in [-0.15, -0.1) is 19.7 Å². The lowest BCUT2D eigenvalue weighted by atomic mass is 9.96. The number of allylic oxidation sites excluding steroid dienone is 15. The van der Waals surface area contributed by atoms with Crippen LogP contribution in [0.5, 0.6) is 0 Å². The molecular weight excluding hydrogens is 849 g/mol. The monoisotopic (exact) mass is 923 g/mol. The smallest absolute Gasteiger partial charge is 0.162 e. The second-order valence-electron chi connectivity index (χ2n) is 16.8. The summed E-state index contributed by atoms with van der Waals surface area (Å²) in [6, 6.07) is 37.0. The summed E-state index contributed by atoms with van der Waals surface area (Å²) < 4.78 is 2.37. The fourth-order valence-electron chi connectivity index (χ4n) is 8.60. The second kappa shape index (κ2) is 28.1. The first kappa shape index (κ1) is 53.4. The van der Waals surface area contributed by atoms with Gasteiger partial charge in [-0.3, -0.25) is 4.57 Å². The van der Waals surface area contributed by atoms with Crippen LogP contribution in [-0.4, -0.2) is 21.1 Å². The highest BCUT2D eigenvalue weighted by Gasteiger charge is 2.17. The fourth-order valence-corrected chi connectivity index (χ4v) is 8.60. The molecule has 0 saturated carbocycles. The van der Waals surface area contributed by atoms with Crippen LogP contribution in [0.2, 0.25) is 0 Å². The maximum atomic E-state index is 5.44. The van der Waals surface area contributed by atoms with Crippen LogP contribution in [0.25, 0.3) is 62.7 Å². The highest BCUT2D eigenvalue weighted by molar-refractivity contribution is 5.87. The third kappa shape index (κ3) is 13.8. The van der Waals surface area contributed by atoms with E-state index in [2.05, 4.69) is 245 Å². The van der Waals surface area contributed by atoms with Crippen molar-refractivity contribution in [1.29, 1.82) is 0 Å². The summed E-state index contributed by atoms with van der Waals surface area (Å²) in [5.41, 5.74) is 14.1. The van der Waals surface area contributed by atoms with Crippen molar-refractivity contribution in [3.63, 3.8) is 0 Å². The largest absolute Gasteiger partial charge is 0.341 e. The van der Waals surface area contributed by atoms with Gasteiger partial charge in [0, 0.05) is 45.7 Å². The number of nitrogens with zero attached hydrogens (tertiary/aromatic N) is 4. The molecule has 6 aromatic rings. The van der Waals surface area contributed by atoms with Gasteiger partial charge >= 0.3 is 0 Å². The minimum atomic E-state index is 0.702. The van der Waals surface area contributed by atoms with E-state index in [4.69, 9.17) is 9.97 Å². The molecule has 4 nitrogen and oxygen atoms in total. The number of aryl methyl sites for hydroxylation is 1. The van der Waals surface area contributed by atoms with Crippen LogP contribution in [0.1, 0.15) is 97.8 Å². The van der Waals surface area contributed by atoms with Crippen LogP contribution >= 0.6 is 0 Å². The van der Waals surface area contributed by atoms with Gasteiger partial charge in [-0.05, 0) is 113 Å². The number of hydrogen-bond donors (Lipinski definition) is 0. The Morgan fingerprint density at radius 3 is 2.19 bits per heavy atom. The van der Waals surface area contributed by atoms with E-state index in [1.165, 1.54) is 49.8 Å². The van der Waals surface area contributed by atoms with Crippen LogP contribution in [0, 0.1) is 0 Å². The van der Waals surface area contributed by atoms with Gasteiger partial charge < -0.3 is 4.90 Å². The Labute approximate surface area is 420 Å². The van der Waals surface area contributed by atoms with Gasteiger partial charge in [0.2, 0.25) is 0 Å². The molecule has 8 rings (SSSR count). The molecule has 2 aliphatic rings. The van der Waals surface area contributed by atoms with E-state index in [9.17, 15) is 0 Å². The molecule has 70 heavy (non-hydrogen) atoms. The molecule has 2 aliphatic carbocycles. The summed E-state index contributed by atoms with van der Waals surface area (Å²) in [5.74, 6) is 1.54. The van der Waals surface area contributed by atoms with Gasteiger partial charge in [-0.25, -0.2) is 9.97 Å². The van der Waals surface area contributed by atoms with Gasteiger partial charge in [0.05, 0.1) is 16.6 Å². The average molecular weight is 923 g/mol. The molecule has 0 radical (unpaired) electrons. The lowest BCUT2D eigenvalue weighted by Crippen LogP contribution is -2.30. The van der Waals surface area contributed by atoms with E-state index in [0.717, 1.165) is 77.7 Å². The number of anilines is 1. The third-order valence-corrected chi connectivity index (χ3v) is 12.0. The summed E-state index contributed by atoms with van der Waals surface area (Å²) in [7, 11) is 0. The maximum Gasteiger partial charge on any atom is 0.162 e. The van der Waals surface area contributed by atoms with Crippen molar-refractivity contribution in [2.45, 2.75) is 87.5 Å². The summed E-state index contributed by atoms with van der Waals surface area (Å²) in [5, 5.41) is 3.61. The lowest BCUT2D eigenvalue weighted by Gasteiger charge is -2.26. The zero-order valence-corrected chi connectivity index (χ0v) is 43.1. The first-order valence-electron chi connectivity index (χ1n) is 25.0. The van der Waals surface area contributed by atoms with E-state index >= 15 is 0 Å². The predicted molar refractivity (Wildman–Crippen MR) is 309 cm³/mol. The van der Waals surface area contributed by atoms with Gasteiger partial charge in [0.1, 0.15) is 5.82 Å². The Balaban J connectivity index is 0.00000124. The predicted octanol–water partition coefficient (Wildman–Crippen LogP) is 16.9. The summed E-state index contributed by atoms with van der Waals surface area (Å²) in [6.45, 7) is 27.0. The summed E-state index contributed by atoms with van der Waals surface area (Å²) in [6.07, 6.45) is 37.6. The molecule has 0 saturated heterocycles. The topological polar surface area (TPSA) is 34.0 Å². The highest BCUT2D eigenvalue weighted by Crippen LogP contribution is 2.30. The van der Waals surface area contributed by atoms with E-state index in [1.807, 2.05) is 27.7 Å². The second-order valence-corrected chi connectivity index (χ2v) is 16.8. The molecule has 2 aromatic heterocycles. The first-order chi connectivity index (χ1) is 34.3. The minimum absolute atomic E-state index is 0.702. The molecule has 0 fully saturated rings. The Kier molecular flexibility index (Phi) is 21.4. The first-order valence-corrected chi connectivity index (χ1v) is 25.0. The number of rotatable bonds is 12. The molecule has 4 heteroatoms. The molecule has 0 bridgehead atoms. The number of para-hydroxylation sites is 1. The Hall–Kier alpha value is -7.56. The fraction of sp³-hybridized carbons (Fsp3) is 0.212. The van der Waals surface area contributed by atoms with Crippen molar-refractivity contribution in [1.82, 2.24) is 14.5 Å². The van der Waals surface area contributed by atoms with Gasteiger partial charge in [-0.2, -0.15) is 0 Å². The van der Waals surface area contributed by atoms with Crippen LogP contribution in [0.3, 0.4) is 0 Å². The normalized spacial score (nSPS) is 16.0. The van der Waals surface area contributed by atoms with Gasteiger partial charge in [0.15, 0.2) is 5.82 Å². The van der Waals surface area contributed by atoms with E-state index < -0.39 is 0 Å².